The Kier molecular flexibility index (Phi) is 4.68. The summed E-state index contributed by atoms with van der Waals surface area (Å²) < 4.78 is 5.42. The number of anilines is 1. The minimum atomic E-state index is -0.493. The van der Waals surface area contributed by atoms with Crippen molar-refractivity contribution < 1.29 is 14.3 Å². The van der Waals surface area contributed by atoms with Gasteiger partial charge in [-0.3, -0.25) is 4.79 Å². The number of esters is 1. The van der Waals surface area contributed by atoms with Gasteiger partial charge in [0.2, 0.25) is 0 Å². The van der Waals surface area contributed by atoms with Crippen molar-refractivity contribution in [2.24, 2.45) is 0 Å². The first-order valence-corrected chi connectivity index (χ1v) is 10.2. The van der Waals surface area contributed by atoms with Gasteiger partial charge >= 0.3 is 5.97 Å². The summed E-state index contributed by atoms with van der Waals surface area (Å²) in [5.41, 5.74) is 3.87. The van der Waals surface area contributed by atoms with Crippen LogP contribution in [-0.4, -0.2) is 18.5 Å². The Bertz CT molecular complexity index is 1240. The van der Waals surface area contributed by atoms with E-state index in [1.54, 1.807) is 0 Å². The van der Waals surface area contributed by atoms with Gasteiger partial charge in [0, 0.05) is 5.69 Å². The first kappa shape index (κ1) is 18.4. The van der Waals surface area contributed by atoms with Gasteiger partial charge in [-0.1, -0.05) is 54.6 Å². The van der Waals surface area contributed by atoms with Crippen LogP contribution in [0.15, 0.2) is 72.8 Å². The Hall–Kier alpha value is -3.66. The van der Waals surface area contributed by atoms with Gasteiger partial charge in [-0.15, -0.1) is 0 Å². The van der Waals surface area contributed by atoms with Crippen LogP contribution in [0.3, 0.4) is 0 Å². The SMILES string of the molecule is O=C(COC(=O)c1c2ccccc2cc2ccccc12)Nc1ccc2c(c1)CCC2. The molecule has 0 aromatic heterocycles. The lowest BCUT2D eigenvalue weighted by Gasteiger charge is -2.12. The van der Waals surface area contributed by atoms with Crippen molar-refractivity contribution in [2.45, 2.75) is 19.3 Å². The smallest absolute Gasteiger partial charge is 0.339 e. The second-order valence-electron chi connectivity index (χ2n) is 7.66. The number of nitrogens with one attached hydrogen (secondary N) is 1. The summed E-state index contributed by atoms with van der Waals surface area (Å²) in [6.45, 7) is -0.326. The number of amides is 1. The maximum atomic E-state index is 13.0. The maximum Gasteiger partial charge on any atom is 0.339 e. The van der Waals surface area contributed by atoms with E-state index in [4.69, 9.17) is 4.74 Å². The van der Waals surface area contributed by atoms with E-state index in [0.29, 0.717) is 5.56 Å². The molecule has 4 nitrogen and oxygen atoms in total. The molecule has 0 saturated carbocycles. The van der Waals surface area contributed by atoms with Gasteiger partial charge in [-0.25, -0.2) is 4.79 Å². The number of rotatable bonds is 4. The molecule has 4 aromatic rings. The van der Waals surface area contributed by atoms with E-state index in [0.717, 1.165) is 46.5 Å². The summed E-state index contributed by atoms with van der Waals surface area (Å²) in [6.07, 6.45) is 3.30. The normalized spacial score (nSPS) is 12.7. The summed E-state index contributed by atoms with van der Waals surface area (Å²) in [7, 11) is 0. The molecule has 0 heterocycles. The largest absolute Gasteiger partial charge is 0.452 e. The van der Waals surface area contributed by atoms with Crippen LogP contribution in [0.2, 0.25) is 0 Å². The lowest BCUT2D eigenvalue weighted by molar-refractivity contribution is -0.119. The summed E-state index contributed by atoms with van der Waals surface area (Å²) in [4.78, 5) is 25.4. The van der Waals surface area contributed by atoms with E-state index in [2.05, 4.69) is 17.4 Å². The van der Waals surface area contributed by atoms with Crippen molar-refractivity contribution in [3.63, 3.8) is 0 Å². The average Bonchev–Trinajstić information content (AvgIpc) is 3.23. The van der Waals surface area contributed by atoms with Crippen LogP contribution in [0, 0.1) is 0 Å². The van der Waals surface area contributed by atoms with Gasteiger partial charge in [0.15, 0.2) is 6.61 Å². The number of hydrogen-bond acceptors (Lipinski definition) is 3. The van der Waals surface area contributed by atoms with Crippen molar-refractivity contribution in [3.8, 4) is 0 Å². The van der Waals surface area contributed by atoms with E-state index < -0.39 is 5.97 Å². The fourth-order valence-electron chi connectivity index (χ4n) is 4.28. The molecule has 0 aliphatic heterocycles. The topological polar surface area (TPSA) is 55.4 Å². The van der Waals surface area contributed by atoms with Crippen molar-refractivity contribution in [1.29, 1.82) is 0 Å². The van der Waals surface area contributed by atoms with E-state index >= 15 is 0 Å². The Morgan fingerprint density at radius 1 is 0.800 bits per heavy atom. The number of aryl methyl sites for hydroxylation is 2. The Morgan fingerprint density at radius 2 is 1.47 bits per heavy atom. The van der Waals surface area contributed by atoms with E-state index in [1.807, 2.05) is 60.7 Å². The molecule has 0 radical (unpaired) electrons. The van der Waals surface area contributed by atoms with Crippen LogP contribution < -0.4 is 5.32 Å². The molecule has 0 atom stereocenters. The molecule has 5 rings (SSSR count). The van der Waals surface area contributed by atoms with Crippen molar-refractivity contribution >= 4 is 39.1 Å². The van der Waals surface area contributed by atoms with Gasteiger partial charge < -0.3 is 10.1 Å². The minimum Gasteiger partial charge on any atom is -0.452 e. The van der Waals surface area contributed by atoms with Gasteiger partial charge in [0.25, 0.3) is 5.91 Å². The fourth-order valence-corrected chi connectivity index (χ4v) is 4.28. The van der Waals surface area contributed by atoms with Crippen LogP contribution >= 0.6 is 0 Å². The third-order valence-corrected chi connectivity index (χ3v) is 5.69. The van der Waals surface area contributed by atoms with Crippen LogP contribution in [0.25, 0.3) is 21.5 Å². The predicted molar refractivity (Wildman–Crippen MR) is 119 cm³/mol. The zero-order valence-corrected chi connectivity index (χ0v) is 16.5. The third-order valence-electron chi connectivity index (χ3n) is 5.69. The van der Waals surface area contributed by atoms with Gasteiger partial charge in [-0.05, 0) is 70.1 Å². The number of benzene rings is 4. The highest BCUT2D eigenvalue weighted by atomic mass is 16.5. The first-order valence-electron chi connectivity index (χ1n) is 10.2. The molecule has 0 saturated heterocycles. The number of carbonyl (C=O) groups excluding carboxylic acids is 2. The second-order valence-corrected chi connectivity index (χ2v) is 7.66. The number of hydrogen-bond donors (Lipinski definition) is 1. The number of carbonyl (C=O) groups is 2. The third kappa shape index (κ3) is 3.41. The molecular formula is C26H21NO3. The van der Waals surface area contributed by atoms with E-state index in [1.165, 1.54) is 11.1 Å². The highest BCUT2D eigenvalue weighted by molar-refractivity contribution is 6.16. The molecule has 4 heteroatoms. The Labute approximate surface area is 174 Å². The molecule has 0 fully saturated rings. The minimum absolute atomic E-state index is 0.326. The summed E-state index contributed by atoms with van der Waals surface area (Å²) in [5, 5.41) is 6.40. The highest BCUT2D eigenvalue weighted by Gasteiger charge is 2.18. The van der Waals surface area contributed by atoms with Gasteiger partial charge in [0.1, 0.15) is 0 Å². The van der Waals surface area contributed by atoms with Crippen LogP contribution in [0.4, 0.5) is 5.69 Å². The highest BCUT2D eigenvalue weighted by Crippen LogP contribution is 2.29. The van der Waals surface area contributed by atoms with Crippen molar-refractivity contribution in [2.75, 3.05) is 11.9 Å². The average molecular weight is 395 g/mol. The quantitative estimate of drug-likeness (QED) is 0.378. The monoisotopic (exact) mass is 395 g/mol. The molecule has 4 aromatic carbocycles. The summed E-state index contributed by atoms with van der Waals surface area (Å²) in [5.74, 6) is -0.835. The van der Waals surface area contributed by atoms with E-state index in [9.17, 15) is 9.59 Å². The lowest BCUT2D eigenvalue weighted by atomic mass is 9.97. The van der Waals surface area contributed by atoms with E-state index in [-0.39, 0.29) is 12.5 Å². The molecule has 1 amide bonds. The standard InChI is InChI=1S/C26H21NO3/c28-24(27-21-13-12-17-8-5-9-18(17)15-21)16-30-26(29)25-22-10-3-1-6-19(22)14-20-7-2-4-11-23(20)25/h1-4,6-7,10-15H,5,8-9,16H2,(H,27,28). The molecule has 0 bridgehead atoms. The molecule has 0 spiro atoms. The van der Waals surface area contributed by atoms with Crippen LogP contribution in [-0.2, 0) is 22.4 Å². The molecule has 1 aliphatic carbocycles. The van der Waals surface area contributed by atoms with Gasteiger partial charge in [-0.2, -0.15) is 0 Å². The number of fused-ring (bicyclic) bond motifs is 3. The number of ether oxygens (including phenoxy) is 1. The maximum absolute atomic E-state index is 13.0. The zero-order valence-electron chi connectivity index (χ0n) is 16.5. The Morgan fingerprint density at radius 3 is 2.20 bits per heavy atom. The Balaban J connectivity index is 1.36. The van der Waals surface area contributed by atoms with Crippen LogP contribution in [0.1, 0.15) is 27.9 Å². The fraction of sp³-hybridized carbons (Fsp3) is 0.154. The van der Waals surface area contributed by atoms with Crippen LogP contribution in [0.5, 0.6) is 0 Å². The molecule has 0 unspecified atom stereocenters. The molecule has 148 valence electrons. The molecular weight excluding hydrogens is 374 g/mol. The second kappa shape index (κ2) is 7.64. The summed E-state index contributed by atoms with van der Waals surface area (Å²) in [6, 6.07) is 23.5. The molecule has 1 aliphatic rings. The summed E-state index contributed by atoms with van der Waals surface area (Å²) >= 11 is 0. The lowest BCUT2D eigenvalue weighted by Crippen LogP contribution is -2.21. The van der Waals surface area contributed by atoms with Crippen molar-refractivity contribution in [3.05, 3.63) is 89.5 Å². The first-order chi connectivity index (χ1) is 14.7. The molecule has 30 heavy (non-hydrogen) atoms. The van der Waals surface area contributed by atoms with Crippen molar-refractivity contribution in [1.82, 2.24) is 0 Å². The predicted octanol–water partition coefficient (Wildman–Crippen LogP) is 5.28. The van der Waals surface area contributed by atoms with Gasteiger partial charge in [0.05, 0.1) is 5.56 Å². The molecule has 1 N–H and O–H groups in total. The zero-order chi connectivity index (χ0) is 20.5.